The van der Waals surface area contributed by atoms with Crippen LogP contribution in [-0.2, 0) is 0 Å². The third-order valence-corrected chi connectivity index (χ3v) is 3.73. The minimum absolute atomic E-state index is 0.0224. The number of hydrogen-bond donors (Lipinski definition) is 3. The molecule has 19 heavy (non-hydrogen) atoms. The van der Waals surface area contributed by atoms with Crippen molar-refractivity contribution in [2.24, 2.45) is 11.1 Å². The van der Waals surface area contributed by atoms with Crippen LogP contribution in [0.25, 0.3) is 0 Å². The summed E-state index contributed by atoms with van der Waals surface area (Å²) in [5.41, 5.74) is 7.34. The number of phenols is 1. The lowest BCUT2D eigenvalue weighted by Crippen LogP contribution is -2.32. The van der Waals surface area contributed by atoms with E-state index in [-0.39, 0.29) is 12.4 Å². The molecule has 0 aromatic heterocycles. The smallest absolute Gasteiger partial charge is 0.122 e. The summed E-state index contributed by atoms with van der Waals surface area (Å²) in [5.74, 6) is 0.193. The van der Waals surface area contributed by atoms with Gasteiger partial charge in [-0.05, 0) is 19.9 Å². The van der Waals surface area contributed by atoms with Crippen molar-refractivity contribution >= 4 is 5.69 Å². The Morgan fingerprint density at radius 2 is 1.84 bits per heavy atom. The van der Waals surface area contributed by atoms with E-state index in [4.69, 9.17) is 5.73 Å². The molecule has 108 valence electrons. The van der Waals surface area contributed by atoms with Crippen LogP contribution < -0.4 is 10.6 Å². The van der Waals surface area contributed by atoms with Gasteiger partial charge in [-0.2, -0.15) is 0 Å². The van der Waals surface area contributed by atoms with Crippen LogP contribution in [0.4, 0.5) is 5.69 Å². The van der Waals surface area contributed by atoms with E-state index in [0.29, 0.717) is 5.56 Å². The second-order valence-corrected chi connectivity index (χ2v) is 5.54. The van der Waals surface area contributed by atoms with E-state index >= 15 is 0 Å². The summed E-state index contributed by atoms with van der Waals surface area (Å²) in [5, 5.41) is 19.5. The maximum absolute atomic E-state index is 10.2. The van der Waals surface area contributed by atoms with Crippen LogP contribution in [0, 0.1) is 5.41 Å². The quantitative estimate of drug-likeness (QED) is 0.738. The van der Waals surface area contributed by atoms with Crippen molar-refractivity contribution in [2.75, 3.05) is 24.6 Å². The van der Waals surface area contributed by atoms with E-state index in [1.54, 1.807) is 6.07 Å². The van der Waals surface area contributed by atoms with Gasteiger partial charge in [0.15, 0.2) is 0 Å². The van der Waals surface area contributed by atoms with Crippen LogP contribution in [-0.4, -0.2) is 29.9 Å². The highest BCUT2D eigenvalue weighted by Gasteiger charge is 2.29. The largest absolute Gasteiger partial charge is 0.508 e. The second-order valence-electron chi connectivity index (χ2n) is 5.54. The molecule has 0 unspecified atom stereocenters. The molecule has 0 bridgehead atoms. The fraction of sp³-hybridized carbons (Fsp3) is 0.600. The lowest BCUT2D eigenvalue weighted by atomic mass is 9.81. The Labute approximate surface area is 115 Å². The Kier molecular flexibility index (Phi) is 5.20. The van der Waals surface area contributed by atoms with Gasteiger partial charge >= 0.3 is 0 Å². The zero-order chi connectivity index (χ0) is 14.6. The molecule has 0 heterocycles. The fourth-order valence-corrected chi connectivity index (χ4v) is 2.10. The molecule has 0 amide bonds. The molecule has 0 saturated carbocycles. The Hall–Kier alpha value is -1.26. The second kappa shape index (κ2) is 6.26. The summed E-state index contributed by atoms with van der Waals surface area (Å²) >= 11 is 0. The first kappa shape index (κ1) is 15.8. The van der Waals surface area contributed by atoms with Crippen molar-refractivity contribution < 1.29 is 10.2 Å². The van der Waals surface area contributed by atoms with Crippen LogP contribution in [0.2, 0.25) is 0 Å². The summed E-state index contributed by atoms with van der Waals surface area (Å²) in [6.45, 7) is 9.69. The lowest BCUT2D eigenvalue weighted by molar-refractivity contribution is 0.131. The topological polar surface area (TPSA) is 69.7 Å². The summed E-state index contributed by atoms with van der Waals surface area (Å²) in [7, 11) is 0. The minimum Gasteiger partial charge on any atom is -0.508 e. The molecule has 0 spiro atoms. The van der Waals surface area contributed by atoms with E-state index in [1.807, 2.05) is 26.0 Å². The first-order valence-electron chi connectivity index (χ1n) is 6.81. The molecule has 4 N–H and O–H groups in total. The first-order valence-corrected chi connectivity index (χ1v) is 6.81. The van der Waals surface area contributed by atoms with E-state index < -0.39 is 11.5 Å². The summed E-state index contributed by atoms with van der Waals surface area (Å²) in [6.07, 6.45) is 0. The molecular formula is C15H26N2O2. The highest BCUT2D eigenvalue weighted by Crippen LogP contribution is 2.36. The number of nitrogens with zero attached hydrogens (tertiary/aromatic N) is 1. The van der Waals surface area contributed by atoms with Crippen molar-refractivity contribution in [3.63, 3.8) is 0 Å². The third-order valence-electron chi connectivity index (χ3n) is 3.73. The van der Waals surface area contributed by atoms with Gasteiger partial charge in [-0.3, -0.25) is 0 Å². The molecule has 0 aliphatic carbocycles. The highest BCUT2D eigenvalue weighted by atomic mass is 16.3. The van der Waals surface area contributed by atoms with Crippen LogP contribution in [0.5, 0.6) is 5.75 Å². The summed E-state index contributed by atoms with van der Waals surface area (Å²) < 4.78 is 0. The molecule has 4 heteroatoms. The average molecular weight is 266 g/mol. The number of phenolic OH excluding ortho intramolecular Hbond substituents is 1. The predicted octanol–water partition coefficient (Wildman–Crippen LogP) is 2.26. The highest BCUT2D eigenvalue weighted by molar-refractivity contribution is 5.54. The molecule has 1 aromatic carbocycles. The molecule has 0 aliphatic rings. The fourth-order valence-electron chi connectivity index (χ4n) is 2.10. The van der Waals surface area contributed by atoms with Gasteiger partial charge in [0.05, 0.1) is 0 Å². The monoisotopic (exact) mass is 266 g/mol. The molecule has 0 aliphatic heterocycles. The molecule has 1 aromatic rings. The number of aliphatic hydroxyl groups is 1. The zero-order valence-corrected chi connectivity index (χ0v) is 12.3. The van der Waals surface area contributed by atoms with Crippen molar-refractivity contribution in [2.45, 2.75) is 33.7 Å². The number of nitrogens with two attached hydrogens (primary N) is 1. The van der Waals surface area contributed by atoms with Gasteiger partial charge in [0.25, 0.3) is 0 Å². The standard InChI is InChI=1S/C15H26N2O2/c1-5-17(6-2)11-7-8-12(13(19)9-11)14(16)15(3,4)10-18/h7-9,14,18-19H,5-6,10,16H2,1-4H3/t14-/m1/s1. The van der Waals surface area contributed by atoms with Crippen LogP contribution >= 0.6 is 0 Å². The zero-order valence-electron chi connectivity index (χ0n) is 12.3. The van der Waals surface area contributed by atoms with Gasteiger partial charge in [-0.25, -0.2) is 0 Å². The van der Waals surface area contributed by atoms with Gasteiger partial charge in [0.2, 0.25) is 0 Å². The molecule has 1 rings (SSSR count). The molecule has 4 nitrogen and oxygen atoms in total. The first-order chi connectivity index (χ1) is 8.87. The SMILES string of the molecule is CCN(CC)c1ccc([C@@H](N)C(C)(C)CO)c(O)c1. The Bertz CT molecular complexity index is 415. The lowest BCUT2D eigenvalue weighted by Gasteiger charge is -2.31. The van der Waals surface area contributed by atoms with Crippen molar-refractivity contribution in [1.29, 1.82) is 0 Å². The number of hydrogen-bond acceptors (Lipinski definition) is 4. The van der Waals surface area contributed by atoms with Crippen molar-refractivity contribution in [3.8, 4) is 5.75 Å². The van der Waals surface area contributed by atoms with Gasteiger partial charge in [0.1, 0.15) is 5.75 Å². The minimum atomic E-state index is -0.464. The van der Waals surface area contributed by atoms with Gasteiger partial charge in [-0.1, -0.05) is 19.9 Å². The molecular weight excluding hydrogens is 240 g/mol. The van der Waals surface area contributed by atoms with E-state index in [9.17, 15) is 10.2 Å². The van der Waals surface area contributed by atoms with E-state index in [1.165, 1.54) is 0 Å². The molecule has 1 atom stereocenters. The maximum Gasteiger partial charge on any atom is 0.122 e. The normalized spacial score (nSPS) is 13.4. The third kappa shape index (κ3) is 3.39. The van der Waals surface area contributed by atoms with Crippen molar-refractivity contribution in [1.82, 2.24) is 0 Å². The molecule has 0 fully saturated rings. The number of benzene rings is 1. The molecule has 0 radical (unpaired) electrons. The van der Waals surface area contributed by atoms with Crippen LogP contribution in [0.1, 0.15) is 39.3 Å². The molecule has 0 saturated heterocycles. The van der Waals surface area contributed by atoms with Gasteiger partial charge in [-0.15, -0.1) is 0 Å². The van der Waals surface area contributed by atoms with E-state index in [2.05, 4.69) is 18.7 Å². The predicted molar refractivity (Wildman–Crippen MR) is 79.5 cm³/mol. The average Bonchev–Trinajstić information content (AvgIpc) is 2.39. The number of aromatic hydroxyl groups is 1. The van der Waals surface area contributed by atoms with Gasteiger partial charge < -0.3 is 20.8 Å². The summed E-state index contributed by atoms with van der Waals surface area (Å²) in [6, 6.07) is 5.17. The number of anilines is 1. The van der Waals surface area contributed by atoms with Crippen LogP contribution in [0.3, 0.4) is 0 Å². The van der Waals surface area contributed by atoms with E-state index in [0.717, 1.165) is 18.8 Å². The maximum atomic E-state index is 10.2. The Morgan fingerprint density at radius 1 is 1.26 bits per heavy atom. The number of aliphatic hydroxyl groups excluding tert-OH is 1. The van der Waals surface area contributed by atoms with Gasteiger partial charge in [0, 0.05) is 48.5 Å². The van der Waals surface area contributed by atoms with Crippen LogP contribution in [0.15, 0.2) is 18.2 Å². The van der Waals surface area contributed by atoms with Crippen molar-refractivity contribution in [3.05, 3.63) is 23.8 Å². The summed E-state index contributed by atoms with van der Waals surface area (Å²) in [4.78, 5) is 2.16. The number of rotatable bonds is 6. The Balaban J connectivity index is 3.07. The Morgan fingerprint density at radius 3 is 2.26 bits per heavy atom.